The predicted molar refractivity (Wildman–Crippen MR) is 116 cm³/mol. The van der Waals surface area contributed by atoms with E-state index < -0.39 is 22.8 Å². The Morgan fingerprint density at radius 1 is 1.16 bits per heavy atom. The quantitative estimate of drug-likeness (QED) is 0.569. The molecule has 2 atom stereocenters. The normalized spacial score (nSPS) is 23.7. The fourth-order valence-electron chi connectivity index (χ4n) is 4.73. The number of amides is 1. The van der Waals surface area contributed by atoms with Crippen LogP contribution in [0.4, 0.5) is 24.5 Å². The minimum atomic E-state index is -4.72. The maximum absolute atomic E-state index is 13.8. The minimum absolute atomic E-state index is 0.0226. The van der Waals surface area contributed by atoms with Crippen molar-refractivity contribution in [3.8, 4) is 6.07 Å². The molecule has 2 fully saturated rings. The number of hydrogen-bond acceptors (Lipinski definition) is 3. The molecule has 0 aromatic heterocycles. The Morgan fingerprint density at radius 2 is 1.81 bits per heavy atom. The molecule has 1 amide bonds. The van der Waals surface area contributed by atoms with E-state index in [0.717, 1.165) is 36.2 Å². The highest BCUT2D eigenvalue weighted by Crippen LogP contribution is 2.49. The van der Waals surface area contributed by atoms with Crippen LogP contribution in [0, 0.1) is 24.2 Å². The summed E-state index contributed by atoms with van der Waals surface area (Å²) in [5.41, 5.74) is -0.691. The van der Waals surface area contributed by atoms with Crippen LogP contribution in [-0.4, -0.2) is 16.6 Å². The zero-order valence-corrected chi connectivity index (χ0v) is 17.8. The molecule has 1 saturated carbocycles. The molecular formula is C23H20F3N3OS. The minimum Gasteiger partial charge on any atom is -0.303 e. The number of benzene rings is 2. The zero-order valence-electron chi connectivity index (χ0n) is 17.0. The van der Waals surface area contributed by atoms with E-state index in [4.69, 9.17) is 17.5 Å². The Balaban J connectivity index is 1.88. The van der Waals surface area contributed by atoms with Gasteiger partial charge in [-0.15, -0.1) is 0 Å². The van der Waals surface area contributed by atoms with Crippen molar-refractivity contribution in [1.82, 2.24) is 0 Å². The third-order valence-corrected chi connectivity index (χ3v) is 6.71. The molecule has 1 aliphatic carbocycles. The van der Waals surface area contributed by atoms with E-state index in [9.17, 15) is 18.0 Å². The fourth-order valence-corrected chi connectivity index (χ4v) is 5.18. The average Bonchev–Trinajstić information content (AvgIpc) is 3.20. The molecule has 1 spiro atoms. The van der Waals surface area contributed by atoms with Crippen molar-refractivity contribution in [1.29, 1.82) is 5.26 Å². The van der Waals surface area contributed by atoms with Crippen LogP contribution in [-0.2, 0) is 11.0 Å². The lowest BCUT2D eigenvalue weighted by atomic mass is 9.86. The summed E-state index contributed by atoms with van der Waals surface area (Å²) in [6.07, 6.45) is -2.50. The van der Waals surface area contributed by atoms with Gasteiger partial charge in [-0.05, 0) is 68.2 Å². The van der Waals surface area contributed by atoms with Crippen LogP contribution < -0.4 is 9.80 Å². The van der Waals surface area contributed by atoms with Gasteiger partial charge in [-0.1, -0.05) is 31.0 Å². The summed E-state index contributed by atoms with van der Waals surface area (Å²) in [6, 6.07) is 12.5. The first-order valence-electron chi connectivity index (χ1n) is 9.98. The molecule has 8 heteroatoms. The molecule has 4 nitrogen and oxygen atoms in total. The summed E-state index contributed by atoms with van der Waals surface area (Å²) in [5.74, 6) is -0.342. The van der Waals surface area contributed by atoms with Crippen LogP contribution in [0.25, 0.3) is 0 Å². The molecule has 31 heavy (non-hydrogen) atoms. The standard InChI is InChI=1S/C23H20F3N3OS/c1-14-5-8-17(9-6-14)29-21(31)28(20(30)22(29)11-3-4-15(22)2)18-10-7-16(13-27)19(12-18)23(24,25)26/h5-10,12,15H,3-4,11H2,1-2H3. The predicted octanol–water partition coefficient (Wildman–Crippen LogP) is 5.58. The molecule has 2 unspecified atom stereocenters. The highest BCUT2D eigenvalue weighted by atomic mass is 32.1. The molecule has 2 aromatic rings. The molecular weight excluding hydrogens is 423 g/mol. The number of carbonyl (C=O) groups is 1. The van der Waals surface area contributed by atoms with Crippen LogP contribution in [0.3, 0.4) is 0 Å². The van der Waals surface area contributed by atoms with Crippen molar-refractivity contribution in [2.45, 2.75) is 44.8 Å². The number of thiocarbonyl (C=S) groups is 1. The van der Waals surface area contributed by atoms with Gasteiger partial charge in [0.1, 0.15) is 5.54 Å². The lowest BCUT2D eigenvalue weighted by Gasteiger charge is -2.36. The van der Waals surface area contributed by atoms with Gasteiger partial charge in [0.2, 0.25) is 0 Å². The van der Waals surface area contributed by atoms with E-state index in [1.54, 1.807) is 6.07 Å². The van der Waals surface area contributed by atoms with E-state index in [-0.39, 0.29) is 22.6 Å². The van der Waals surface area contributed by atoms with Crippen molar-refractivity contribution in [3.05, 3.63) is 59.2 Å². The smallest absolute Gasteiger partial charge is 0.303 e. The van der Waals surface area contributed by atoms with Crippen molar-refractivity contribution in [2.24, 2.45) is 5.92 Å². The topological polar surface area (TPSA) is 47.3 Å². The summed E-state index contributed by atoms with van der Waals surface area (Å²) in [5, 5.41) is 9.25. The maximum atomic E-state index is 13.8. The number of hydrogen-bond donors (Lipinski definition) is 0. The number of alkyl halides is 3. The molecule has 1 saturated heterocycles. The first-order valence-corrected chi connectivity index (χ1v) is 10.4. The Labute approximate surface area is 183 Å². The second-order valence-electron chi connectivity index (χ2n) is 8.15. The molecule has 2 aliphatic rings. The van der Waals surface area contributed by atoms with Gasteiger partial charge in [-0.25, -0.2) is 0 Å². The number of anilines is 2. The molecule has 1 aliphatic heterocycles. The molecule has 0 N–H and O–H groups in total. The number of aryl methyl sites for hydroxylation is 1. The second-order valence-corrected chi connectivity index (χ2v) is 8.52. The van der Waals surface area contributed by atoms with E-state index in [2.05, 4.69) is 0 Å². The number of halogens is 3. The summed E-state index contributed by atoms with van der Waals surface area (Å²) in [6.45, 7) is 3.94. The van der Waals surface area contributed by atoms with Gasteiger partial charge in [0, 0.05) is 5.69 Å². The zero-order chi connectivity index (χ0) is 22.6. The van der Waals surface area contributed by atoms with Crippen LogP contribution in [0.2, 0.25) is 0 Å². The van der Waals surface area contributed by atoms with E-state index in [1.165, 1.54) is 11.0 Å². The van der Waals surface area contributed by atoms with Gasteiger partial charge in [0.05, 0.1) is 22.9 Å². The number of nitriles is 1. The lowest BCUT2D eigenvalue weighted by Crippen LogP contribution is -2.52. The molecule has 0 radical (unpaired) electrons. The van der Waals surface area contributed by atoms with Crippen molar-refractivity contribution in [3.63, 3.8) is 0 Å². The van der Waals surface area contributed by atoms with E-state index >= 15 is 0 Å². The third-order valence-electron chi connectivity index (χ3n) is 6.34. The summed E-state index contributed by atoms with van der Waals surface area (Å²) < 4.78 is 40.6. The Kier molecular flexibility index (Phi) is 5.05. The molecule has 0 bridgehead atoms. The van der Waals surface area contributed by atoms with Gasteiger partial charge in [0.25, 0.3) is 5.91 Å². The Hall–Kier alpha value is -2.92. The van der Waals surface area contributed by atoms with Crippen molar-refractivity contribution < 1.29 is 18.0 Å². The van der Waals surface area contributed by atoms with Crippen LogP contribution in [0.1, 0.15) is 42.9 Å². The number of rotatable bonds is 2. The van der Waals surface area contributed by atoms with Crippen LogP contribution in [0.5, 0.6) is 0 Å². The van der Waals surface area contributed by atoms with Gasteiger partial charge in [-0.3, -0.25) is 9.69 Å². The molecule has 2 aromatic carbocycles. The molecule has 4 rings (SSSR count). The molecule has 1 heterocycles. The van der Waals surface area contributed by atoms with Gasteiger partial charge < -0.3 is 4.90 Å². The van der Waals surface area contributed by atoms with E-state index in [0.29, 0.717) is 6.42 Å². The Morgan fingerprint density at radius 3 is 2.35 bits per heavy atom. The van der Waals surface area contributed by atoms with E-state index in [1.807, 2.05) is 43.0 Å². The first kappa shape index (κ1) is 21.3. The van der Waals surface area contributed by atoms with Crippen molar-refractivity contribution >= 4 is 34.6 Å². The third kappa shape index (κ3) is 3.19. The van der Waals surface area contributed by atoms with Crippen LogP contribution >= 0.6 is 12.2 Å². The number of nitrogens with zero attached hydrogens (tertiary/aromatic N) is 3. The first-order chi connectivity index (χ1) is 14.6. The SMILES string of the molecule is Cc1ccc(N2C(=S)N(c3ccc(C#N)c(C(F)(F)F)c3)C(=O)C23CCCC3C)cc1. The summed E-state index contributed by atoms with van der Waals surface area (Å²) in [7, 11) is 0. The van der Waals surface area contributed by atoms with Crippen LogP contribution in [0.15, 0.2) is 42.5 Å². The highest BCUT2D eigenvalue weighted by molar-refractivity contribution is 7.81. The summed E-state index contributed by atoms with van der Waals surface area (Å²) in [4.78, 5) is 16.8. The monoisotopic (exact) mass is 443 g/mol. The van der Waals surface area contributed by atoms with Gasteiger partial charge >= 0.3 is 6.18 Å². The largest absolute Gasteiger partial charge is 0.417 e. The maximum Gasteiger partial charge on any atom is 0.417 e. The lowest BCUT2D eigenvalue weighted by molar-refractivity contribution is -0.137. The highest BCUT2D eigenvalue weighted by Gasteiger charge is 2.60. The molecule has 160 valence electrons. The van der Waals surface area contributed by atoms with Crippen molar-refractivity contribution in [2.75, 3.05) is 9.80 Å². The Bertz CT molecular complexity index is 1110. The summed E-state index contributed by atoms with van der Waals surface area (Å²) >= 11 is 5.68. The number of carbonyl (C=O) groups excluding carboxylic acids is 1. The average molecular weight is 443 g/mol. The fraction of sp³-hybridized carbons (Fsp3) is 0.348. The second kappa shape index (κ2) is 7.34. The van der Waals surface area contributed by atoms with Gasteiger partial charge in [-0.2, -0.15) is 18.4 Å². The van der Waals surface area contributed by atoms with Gasteiger partial charge in [0.15, 0.2) is 5.11 Å².